The fraction of sp³-hybridized carbons (Fsp3) is 0.438. The van der Waals surface area contributed by atoms with Crippen molar-refractivity contribution in [2.24, 2.45) is 0 Å². The van der Waals surface area contributed by atoms with E-state index in [9.17, 15) is 13.2 Å². The minimum atomic E-state index is -3.64. The first-order valence-electron chi connectivity index (χ1n) is 7.90. The van der Waals surface area contributed by atoms with Crippen LogP contribution in [-0.2, 0) is 20.4 Å². The number of carbonyl (C=O) groups excluding carboxylic acids is 1. The van der Waals surface area contributed by atoms with Crippen molar-refractivity contribution in [1.82, 2.24) is 15.0 Å². The molecule has 24 heavy (non-hydrogen) atoms. The molecule has 1 saturated heterocycles. The number of hydrogen-bond acceptors (Lipinski definition) is 6. The van der Waals surface area contributed by atoms with E-state index < -0.39 is 21.3 Å². The van der Waals surface area contributed by atoms with Gasteiger partial charge in [-0.3, -0.25) is 4.79 Å². The molecule has 0 atom stereocenters. The van der Waals surface area contributed by atoms with Crippen molar-refractivity contribution in [3.05, 3.63) is 36.2 Å². The molecule has 128 valence electrons. The predicted octanol–water partition coefficient (Wildman–Crippen LogP) is 1.66. The number of amides is 1. The summed E-state index contributed by atoms with van der Waals surface area (Å²) >= 11 is 0. The lowest BCUT2D eigenvalue weighted by molar-refractivity contribution is -0.129. The average Bonchev–Trinajstić information content (AvgIpc) is 3.03. The maximum Gasteiger partial charge on any atom is 0.242 e. The number of rotatable bonds is 5. The van der Waals surface area contributed by atoms with E-state index in [0.717, 1.165) is 24.8 Å². The monoisotopic (exact) mass is 349 g/mol. The molecular formula is C16H19N3O4S. The topological polar surface area (TPSA) is 93.4 Å². The van der Waals surface area contributed by atoms with Gasteiger partial charge in [0.05, 0.1) is 0 Å². The van der Waals surface area contributed by atoms with Gasteiger partial charge in [0.1, 0.15) is 11.5 Å². The van der Waals surface area contributed by atoms with E-state index in [1.54, 1.807) is 4.90 Å². The SMILES string of the molecule is O=C(CS(=O)(=O)Cc1nc(-c2ccccc2)no1)N1CCCCC1. The maximum absolute atomic E-state index is 12.2. The third kappa shape index (κ3) is 4.19. The van der Waals surface area contributed by atoms with E-state index in [0.29, 0.717) is 18.9 Å². The molecule has 2 aromatic rings. The van der Waals surface area contributed by atoms with Gasteiger partial charge in [0, 0.05) is 18.7 Å². The lowest BCUT2D eigenvalue weighted by atomic mass is 10.1. The smallest absolute Gasteiger partial charge is 0.242 e. The zero-order valence-electron chi connectivity index (χ0n) is 13.2. The van der Waals surface area contributed by atoms with Crippen LogP contribution in [0.3, 0.4) is 0 Å². The van der Waals surface area contributed by atoms with Crippen LogP contribution in [-0.4, -0.2) is 48.2 Å². The third-order valence-corrected chi connectivity index (χ3v) is 5.27. The average molecular weight is 349 g/mol. The number of sulfone groups is 1. The third-order valence-electron chi connectivity index (χ3n) is 3.90. The highest BCUT2D eigenvalue weighted by Crippen LogP contribution is 2.16. The Kier molecular flexibility index (Phi) is 4.94. The second kappa shape index (κ2) is 7.12. The van der Waals surface area contributed by atoms with Gasteiger partial charge in [-0.1, -0.05) is 35.5 Å². The first-order chi connectivity index (χ1) is 11.5. The van der Waals surface area contributed by atoms with Gasteiger partial charge < -0.3 is 9.42 Å². The van der Waals surface area contributed by atoms with Crippen LogP contribution in [0.4, 0.5) is 0 Å². The van der Waals surface area contributed by atoms with E-state index in [-0.39, 0.29) is 11.8 Å². The first-order valence-corrected chi connectivity index (χ1v) is 9.72. The van der Waals surface area contributed by atoms with Crippen molar-refractivity contribution in [3.63, 3.8) is 0 Å². The second-order valence-corrected chi connectivity index (χ2v) is 7.92. The molecule has 0 radical (unpaired) electrons. The van der Waals surface area contributed by atoms with Crippen molar-refractivity contribution in [2.45, 2.75) is 25.0 Å². The summed E-state index contributed by atoms with van der Waals surface area (Å²) in [6.45, 7) is 1.26. The van der Waals surface area contributed by atoms with E-state index in [1.165, 1.54) is 0 Å². The standard InChI is InChI=1S/C16H19N3O4S/c20-15(19-9-5-2-6-10-19)12-24(21,22)11-14-17-16(18-23-14)13-7-3-1-4-8-13/h1,3-4,7-8H,2,5-6,9-12H2. The molecule has 1 fully saturated rings. The van der Waals surface area contributed by atoms with Crippen LogP contribution in [0.15, 0.2) is 34.9 Å². The van der Waals surface area contributed by atoms with Crippen LogP contribution in [0.2, 0.25) is 0 Å². The molecule has 7 nitrogen and oxygen atoms in total. The fourth-order valence-corrected chi connectivity index (χ4v) is 3.83. The molecule has 0 N–H and O–H groups in total. The fourth-order valence-electron chi connectivity index (χ4n) is 2.68. The second-order valence-electron chi connectivity index (χ2n) is 5.85. The van der Waals surface area contributed by atoms with E-state index >= 15 is 0 Å². The molecule has 1 amide bonds. The highest BCUT2D eigenvalue weighted by atomic mass is 32.2. The number of nitrogens with zero attached hydrogens (tertiary/aromatic N) is 3. The largest absolute Gasteiger partial charge is 0.342 e. The van der Waals surface area contributed by atoms with Crippen LogP contribution < -0.4 is 0 Å². The van der Waals surface area contributed by atoms with Gasteiger partial charge in [-0.05, 0) is 19.3 Å². The zero-order chi connectivity index (χ0) is 17.0. The normalized spacial score (nSPS) is 15.4. The molecular weight excluding hydrogens is 330 g/mol. The highest BCUT2D eigenvalue weighted by molar-refractivity contribution is 7.91. The van der Waals surface area contributed by atoms with Gasteiger partial charge in [-0.15, -0.1) is 0 Å². The summed E-state index contributed by atoms with van der Waals surface area (Å²) in [5.74, 6) is -0.955. The zero-order valence-corrected chi connectivity index (χ0v) is 14.0. The molecule has 1 aliphatic heterocycles. The molecule has 8 heteroatoms. The Hall–Kier alpha value is -2.22. The van der Waals surface area contributed by atoms with Crippen molar-refractivity contribution in [3.8, 4) is 11.4 Å². The minimum Gasteiger partial charge on any atom is -0.342 e. The lowest BCUT2D eigenvalue weighted by Gasteiger charge is -2.26. The molecule has 1 aromatic carbocycles. The molecule has 0 unspecified atom stereocenters. The maximum atomic E-state index is 12.2. The van der Waals surface area contributed by atoms with Crippen LogP contribution >= 0.6 is 0 Å². The molecule has 2 heterocycles. The van der Waals surface area contributed by atoms with E-state index in [2.05, 4.69) is 10.1 Å². The van der Waals surface area contributed by atoms with Gasteiger partial charge in [0.25, 0.3) is 0 Å². The summed E-state index contributed by atoms with van der Waals surface area (Å²) in [4.78, 5) is 17.8. The number of hydrogen-bond donors (Lipinski definition) is 0. The summed E-state index contributed by atoms with van der Waals surface area (Å²) in [6.07, 6.45) is 2.94. The quantitative estimate of drug-likeness (QED) is 0.815. The number of aromatic nitrogens is 2. The van der Waals surface area contributed by atoms with Crippen molar-refractivity contribution < 1.29 is 17.7 Å². The summed E-state index contributed by atoms with van der Waals surface area (Å²) < 4.78 is 29.5. The van der Waals surface area contributed by atoms with Crippen molar-refractivity contribution >= 4 is 15.7 Å². The molecule has 3 rings (SSSR count). The van der Waals surface area contributed by atoms with Crippen LogP contribution in [0.1, 0.15) is 25.2 Å². The molecule has 0 spiro atoms. The summed E-state index contributed by atoms with van der Waals surface area (Å²) in [6, 6.07) is 9.14. The molecule has 0 aliphatic carbocycles. The molecule has 0 saturated carbocycles. The van der Waals surface area contributed by atoms with Crippen LogP contribution in [0.5, 0.6) is 0 Å². The Morgan fingerprint density at radius 2 is 1.83 bits per heavy atom. The Morgan fingerprint density at radius 1 is 1.12 bits per heavy atom. The number of carbonyl (C=O) groups is 1. The molecule has 0 bridgehead atoms. The Morgan fingerprint density at radius 3 is 2.54 bits per heavy atom. The highest BCUT2D eigenvalue weighted by Gasteiger charge is 2.25. The number of piperidine rings is 1. The Labute approximate surface area is 140 Å². The van der Waals surface area contributed by atoms with Crippen molar-refractivity contribution in [1.29, 1.82) is 0 Å². The van der Waals surface area contributed by atoms with Crippen LogP contribution in [0, 0.1) is 0 Å². The summed E-state index contributed by atoms with van der Waals surface area (Å²) in [7, 11) is -3.64. The predicted molar refractivity (Wildman–Crippen MR) is 87.7 cm³/mol. The minimum absolute atomic E-state index is 0.000275. The number of likely N-dealkylation sites (tertiary alicyclic amines) is 1. The lowest BCUT2D eigenvalue weighted by Crippen LogP contribution is -2.39. The van der Waals surface area contributed by atoms with Gasteiger partial charge in [0.2, 0.25) is 17.6 Å². The summed E-state index contributed by atoms with van der Waals surface area (Å²) in [5.41, 5.74) is 0.745. The van der Waals surface area contributed by atoms with Gasteiger partial charge in [0.15, 0.2) is 9.84 Å². The molecule has 1 aromatic heterocycles. The van der Waals surface area contributed by atoms with Gasteiger partial charge in [-0.25, -0.2) is 8.42 Å². The van der Waals surface area contributed by atoms with E-state index in [4.69, 9.17) is 4.52 Å². The molecule has 1 aliphatic rings. The Balaban J connectivity index is 1.64. The van der Waals surface area contributed by atoms with Crippen LogP contribution in [0.25, 0.3) is 11.4 Å². The summed E-state index contributed by atoms with van der Waals surface area (Å²) in [5, 5.41) is 3.79. The van der Waals surface area contributed by atoms with Gasteiger partial charge in [-0.2, -0.15) is 4.98 Å². The number of benzene rings is 1. The van der Waals surface area contributed by atoms with Crippen molar-refractivity contribution in [2.75, 3.05) is 18.8 Å². The van der Waals surface area contributed by atoms with Gasteiger partial charge >= 0.3 is 0 Å². The first kappa shape index (κ1) is 16.6. The van der Waals surface area contributed by atoms with E-state index in [1.807, 2.05) is 30.3 Å². The Bertz CT molecular complexity index is 796.